The van der Waals surface area contributed by atoms with E-state index in [0.717, 1.165) is 31.4 Å². The summed E-state index contributed by atoms with van der Waals surface area (Å²) >= 11 is 1.37. The zero-order valence-corrected chi connectivity index (χ0v) is 15.8. The molecular weight excluding hydrogens is 348 g/mol. The maximum atomic E-state index is 12.8. The Bertz CT molecular complexity index is 977. The predicted molar refractivity (Wildman–Crippen MR) is 105 cm³/mol. The van der Waals surface area contributed by atoms with Crippen molar-refractivity contribution in [3.05, 3.63) is 51.4 Å². The van der Waals surface area contributed by atoms with Crippen molar-refractivity contribution >= 4 is 33.1 Å². The van der Waals surface area contributed by atoms with Crippen LogP contribution < -0.4 is 10.9 Å². The summed E-state index contributed by atoms with van der Waals surface area (Å²) in [5.41, 5.74) is 0.950. The van der Waals surface area contributed by atoms with Crippen molar-refractivity contribution in [1.82, 2.24) is 14.8 Å². The first-order valence-corrected chi connectivity index (χ1v) is 9.71. The average Bonchev–Trinajstić information content (AvgIpc) is 3.05. The Labute approximate surface area is 155 Å². The maximum Gasteiger partial charge on any atom is 0.278 e. The summed E-state index contributed by atoms with van der Waals surface area (Å²) in [5, 5.41) is 10.6. The number of carbonyl (C=O) groups is 1. The summed E-state index contributed by atoms with van der Waals surface area (Å²) in [4.78, 5) is 29.7. The summed E-state index contributed by atoms with van der Waals surface area (Å²) in [6, 6.07) is 7.11. The number of aromatic nitrogens is 3. The minimum Gasteiger partial charge on any atom is -0.296 e. The van der Waals surface area contributed by atoms with Crippen LogP contribution in [0.25, 0.3) is 10.8 Å². The molecule has 0 bridgehead atoms. The van der Waals surface area contributed by atoms with Gasteiger partial charge >= 0.3 is 0 Å². The van der Waals surface area contributed by atoms with E-state index in [0.29, 0.717) is 22.4 Å². The van der Waals surface area contributed by atoms with Gasteiger partial charge in [-0.1, -0.05) is 44.4 Å². The standard InChI is InChI=1S/C19H22N4O2S/c1-3-4-5-8-11-23-18(25)15-10-7-6-9-14(15)16(22-23)17(24)21-19-20-13(2)12-26-19/h6-7,9-10,12H,3-5,8,11H2,1-2H3,(H,20,21,24). The number of amides is 1. The SMILES string of the molecule is CCCCCCn1nc(C(=O)Nc2nc(C)cs2)c2ccccc2c1=O. The van der Waals surface area contributed by atoms with Gasteiger partial charge in [0.2, 0.25) is 0 Å². The molecule has 2 heterocycles. The van der Waals surface area contributed by atoms with Crippen LogP contribution in [-0.2, 0) is 6.54 Å². The first-order chi connectivity index (χ1) is 12.6. The Morgan fingerprint density at radius 1 is 1.19 bits per heavy atom. The molecule has 1 N–H and O–H groups in total. The number of hydrogen-bond donors (Lipinski definition) is 1. The highest BCUT2D eigenvalue weighted by Gasteiger charge is 2.17. The molecule has 0 radical (unpaired) electrons. The van der Waals surface area contributed by atoms with Crippen LogP contribution in [0.5, 0.6) is 0 Å². The molecule has 1 aromatic carbocycles. The van der Waals surface area contributed by atoms with Crippen molar-refractivity contribution in [2.24, 2.45) is 0 Å². The monoisotopic (exact) mass is 370 g/mol. The van der Waals surface area contributed by atoms with E-state index in [2.05, 4.69) is 22.3 Å². The fraction of sp³-hybridized carbons (Fsp3) is 0.368. The molecule has 0 aliphatic rings. The molecule has 0 saturated heterocycles. The topological polar surface area (TPSA) is 76.9 Å². The van der Waals surface area contributed by atoms with Gasteiger partial charge in [0, 0.05) is 17.3 Å². The highest BCUT2D eigenvalue weighted by atomic mass is 32.1. The summed E-state index contributed by atoms with van der Waals surface area (Å²) in [6.07, 6.45) is 4.16. The molecule has 0 saturated carbocycles. The molecule has 0 aliphatic heterocycles. The number of anilines is 1. The van der Waals surface area contributed by atoms with Gasteiger partial charge in [0.05, 0.1) is 11.1 Å². The number of rotatable bonds is 7. The Hall–Kier alpha value is -2.54. The smallest absolute Gasteiger partial charge is 0.278 e. The Kier molecular flexibility index (Phi) is 5.78. The predicted octanol–water partition coefficient (Wildman–Crippen LogP) is 3.99. The summed E-state index contributed by atoms with van der Waals surface area (Å²) in [6.45, 7) is 4.53. The second-order valence-electron chi connectivity index (χ2n) is 6.23. The van der Waals surface area contributed by atoms with E-state index in [-0.39, 0.29) is 17.2 Å². The van der Waals surface area contributed by atoms with Gasteiger partial charge in [-0.25, -0.2) is 9.67 Å². The molecule has 0 aliphatic carbocycles. The van der Waals surface area contributed by atoms with Crippen LogP contribution in [0, 0.1) is 6.92 Å². The van der Waals surface area contributed by atoms with Crippen molar-refractivity contribution in [2.45, 2.75) is 46.1 Å². The Balaban J connectivity index is 1.95. The number of nitrogens with one attached hydrogen (secondary N) is 1. The van der Waals surface area contributed by atoms with Gasteiger partial charge in [0.15, 0.2) is 10.8 Å². The largest absolute Gasteiger partial charge is 0.296 e. The van der Waals surface area contributed by atoms with Crippen molar-refractivity contribution in [3.63, 3.8) is 0 Å². The molecule has 7 heteroatoms. The van der Waals surface area contributed by atoms with Crippen molar-refractivity contribution in [2.75, 3.05) is 5.32 Å². The van der Waals surface area contributed by atoms with Gasteiger partial charge in [-0.15, -0.1) is 11.3 Å². The van der Waals surface area contributed by atoms with Gasteiger partial charge in [-0.05, 0) is 19.4 Å². The van der Waals surface area contributed by atoms with Crippen molar-refractivity contribution in [3.8, 4) is 0 Å². The molecule has 0 fully saturated rings. The Morgan fingerprint density at radius 2 is 1.96 bits per heavy atom. The van der Waals surface area contributed by atoms with Gasteiger partial charge < -0.3 is 0 Å². The molecule has 1 amide bonds. The summed E-state index contributed by atoms with van der Waals surface area (Å²) in [5.74, 6) is -0.349. The number of benzene rings is 1. The summed E-state index contributed by atoms with van der Waals surface area (Å²) in [7, 11) is 0. The lowest BCUT2D eigenvalue weighted by molar-refractivity contribution is 0.102. The number of thiazole rings is 1. The summed E-state index contributed by atoms with van der Waals surface area (Å²) < 4.78 is 1.42. The van der Waals surface area contributed by atoms with Crippen molar-refractivity contribution < 1.29 is 4.79 Å². The zero-order valence-electron chi connectivity index (χ0n) is 15.0. The number of nitrogens with zero attached hydrogens (tertiary/aromatic N) is 3. The minimum absolute atomic E-state index is 0.154. The van der Waals surface area contributed by atoms with Crippen LogP contribution in [0.3, 0.4) is 0 Å². The second-order valence-corrected chi connectivity index (χ2v) is 7.09. The van der Waals surface area contributed by atoms with E-state index >= 15 is 0 Å². The van der Waals surface area contributed by atoms with E-state index < -0.39 is 0 Å². The molecule has 3 aromatic rings. The highest BCUT2D eigenvalue weighted by Crippen LogP contribution is 2.18. The van der Waals surface area contributed by atoms with E-state index in [1.54, 1.807) is 24.3 Å². The third kappa shape index (κ3) is 3.99. The molecule has 0 unspecified atom stereocenters. The fourth-order valence-corrected chi connectivity index (χ4v) is 3.49. The van der Waals surface area contributed by atoms with Gasteiger partial charge in [-0.2, -0.15) is 5.10 Å². The third-order valence-corrected chi connectivity index (χ3v) is 5.02. The lowest BCUT2D eigenvalue weighted by atomic mass is 10.1. The number of fused-ring (bicyclic) bond motifs is 1. The average molecular weight is 370 g/mol. The molecule has 0 atom stereocenters. The zero-order chi connectivity index (χ0) is 18.5. The molecule has 26 heavy (non-hydrogen) atoms. The normalized spacial score (nSPS) is 11.0. The van der Waals surface area contributed by atoms with Crippen LogP contribution in [0.2, 0.25) is 0 Å². The van der Waals surface area contributed by atoms with E-state index in [9.17, 15) is 9.59 Å². The number of aryl methyl sites for hydroxylation is 2. The van der Waals surface area contributed by atoms with Gasteiger partial charge in [-0.3, -0.25) is 14.9 Å². The lowest BCUT2D eigenvalue weighted by Gasteiger charge is -2.10. The van der Waals surface area contributed by atoms with Crippen LogP contribution >= 0.6 is 11.3 Å². The number of unbranched alkanes of at least 4 members (excludes halogenated alkanes) is 3. The molecular formula is C19H22N4O2S. The highest BCUT2D eigenvalue weighted by molar-refractivity contribution is 7.13. The lowest BCUT2D eigenvalue weighted by Crippen LogP contribution is -2.27. The van der Waals surface area contributed by atoms with E-state index in [4.69, 9.17) is 0 Å². The Morgan fingerprint density at radius 3 is 2.65 bits per heavy atom. The van der Waals surface area contributed by atoms with Crippen LogP contribution in [0.4, 0.5) is 5.13 Å². The van der Waals surface area contributed by atoms with Crippen LogP contribution in [-0.4, -0.2) is 20.7 Å². The van der Waals surface area contributed by atoms with Gasteiger partial charge in [0.1, 0.15) is 0 Å². The minimum atomic E-state index is -0.349. The van der Waals surface area contributed by atoms with Crippen molar-refractivity contribution in [1.29, 1.82) is 0 Å². The molecule has 2 aromatic heterocycles. The third-order valence-electron chi connectivity index (χ3n) is 4.15. The molecule has 6 nitrogen and oxygen atoms in total. The second kappa shape index (κ2) is 8.23. The van der Waals surface area contributed by atoms with Gasteiger partial charge in [0.25, 0.3) is 11.5 Å². The quantitative estimate of drug-likeness (QED) is 0.638. The number of hydrogen-bond acceptors (Lipinski definition) is 5. The van der Waals surface area contributed by atoms with Crippen LogP contribution in [0.15, 0.2) is 34.4 Å². The fourth-order valence-electron chi connectivity index (χ4n) is 2.81. The maximum absolute atomic E-state index is 12.8. The van der Waals surface area contributed by atoms with E-state index in [1.165, 1.54) is 16.0 Å². The molecule has 136 valence electrons. The molecule has 0 spiro atoms. The van der Waals surface area contributed by atoms with E-state index in [1.807, 2.05) is 12.3 Å². The number of carbonyl (C=O) groups excluding carboxylic acids is 1. The van der Waals surface area contributed by atoms with Crippen LogP contribution in [0.1, 0.15) is 48.8 Å². The first-order valence-electron chi connectivity index (χ1n) is 8.83. The molecule has 3 rings (SSSR count). The first kappa shape index (κ1) is 18.3.